The Morgan fingerprint density at radius 3 is 2.29 bits per heavy atom. The van der Waals surface area contributed by atoms with E-state index in [0.29, 0.717) is 12.1 Å². The van der Waals surface area contributed by atoms with E-state index in [-0.39, 0.29) is 11.3 Å². The highest BCUT2D eigenvalue weighted by Crippen LogP contribution is 2.44. The van der Waals surface area contributed by atoms with Crippen LogP contribution in [-0.4, -0.2) is 18.0 Å². The molecule has 0 aliphatic heterocycles. The molecule has 114 valence electrons. The van der Waals surface area contributed by atoms with Gasteiger partial charge in [-0.1, -0.05) is 34.5 Å². The standard InChI is InChI=1S/C17H23BrN2O/c18-13-4-2-12(3-5-13)17(10-1-11-17)16(21)20-15-8-6-14(19)7-9-15/h2-5,14-15H,1,6-11,19H2,(H,20,21). The van der Waals surface area contributed by atoms with Crippen LogP contribution in [0.15, 0.2) is 28.7 Å². The third-order valence-electron chi connectivity index (χ3n) is 5.15. The average Bonchev–Trinajstić information content (AvgIpc) is 2.42. The van der Waals surface area contributed by atoms with Crippen molar-refractivity contribution in [3.05, 3.63) is 34.3 Å². The lowest BCUT2D eigenvalue weighted by atomic mass is 9.63. The van der Waals surface area contributed by atoms with Gasteiger partial charge in [-0.2, -0.15) is 0 Å². The van der Waals surface area contributed by atoms with E-state index in [1.165, 1.54) is 0 Å². The van der Waals surface area contributed by atoms with Crippen molar-refractivity contribution >= 4 is 21.8 Å². The highest BCUT2D eigenvalue weighted by molar-refractivity contribution is 9.10. The molecule has 0 atom stereocenters. The van der Waals surface area contributed by atoms with E-state index < -0.39 is 0 Å². The van der Waals surface area contributed by atoms with Gasteiger partial charge in [0, 0.05) is 16.6 Å². The molecule has 1 aromatic rings. The van der Waals surface area contributed by atoms with Gasteiger partial charge in [-0.25, -0.2) is 0 Å². The molecule has 0 spiro atoms. The molecule has 3 N–H and O–H groups in total. The number of nitrogens with one attached hydrogen (secondary N) is 1. The van der Waals surface area contributed by atoms with E-state index >= 15 is 0 Å². The monoisotopic (exact) mass is 350 g/mol. The molecule has 0 saturated heterocycles. The summed E-state index contributed by atoms with van der Waals surface area (Å²) in [7, 11) is 0. The molecule has 2 aliphatic carbocycles. The number of carbonyl (C=O) groups is 1. The van der Waals surface area contributed by atoms with Crippen LogP contribution < -0.4 is 11.1 Å². The summed E-state index contributed by atoms with van der Waals surface area (Å²) in [6.07, 6.45) is 7.15. The molecule has 2 fully saturated rings. The molecule has 21 heavy (non-hydrogen) atoms. The number of hydrogen-bond acceptors (Lipinski definition) is 2. The minimum Gasteiger partial charge on any atom is -0.353 e. The summed E-state index contributed by atoms with van der Waals surface area (Å²) in [5.41, 5.74) is 6.80. The zero-order chi connectivity index (χ0) is 14.9. The van der Waals surface area contributed by atoms with Crippen molar-refractivity contribution in [1.82, 2.24) is 5.32 Å². The number of carbonyl (C=O) groups excluding carboxylic acids is 1. The second-order valence-electron chi connectivity index (χ2n) is 6.53. The van der Waals surface area contributed by atoms with Crippen molar-refractivity contribution in [3.63, 3.8) is 0 Å². The zero-order valence-corrected chi connectivity index (χ0v) is 13.9. The van der Waals surface area contributed by atoms with Gasteiger partial charge in [0.1, 0.15) is 0 Å². The molecule has 0 aromatic heterocycles. The Morgan fingerprint density at radius 2 is 1.76 bits per heavy atom. The van der Waals surface area contributed by atoms with E-state index in [1.807, 2.05) is 12.1 Å². The van der Waals surface area contributed by atoms with Crippen LogP contribution in [0.25, 0.3) is 0 Å². The predicted molar refractivity (Wildman–Crippen MR) is 88.0 cm³/mol. The van der Waals surface area contributed by atoms with Crippen LogP contribution in [-0.2, 0) is 10.2 Å². The van der Waals surface area contributed by atoms with Crippen molar-refractivity contribution in [3.8, 4) is 0 Å². The van der Waals surface area contributed by atoms with Crippen molar-refractivity contribution < 1.29 is 4.79 Å². The first kappa shape index (κ1) is 15.0. The predicted octanol–water partition coefficient (Wildman–Crippen LogP) is 3.26. The second-order valence-corrected chi connectivity index (χ2v) is 7.44. The normalized spacial score (nSPS) is 27.7. The molecule has 0 unspecified atom stereocenters. The molecule has 0 radical (unpaired) electrons. The SMILES string of the molecule is NC1CCC(NC(=O)C2(c3ccc(Br)cc3)CCC2)CC1. The van der Waals surface area contributed by atoms with Crippen LogP contribution >= 0.6 is 15.9 Å². The molecule has 3 nitrogen and oxygen atoms in total. The minimum atomic E-state index is -0.291. The van der Waals surface area contributed by atoms with Crippen LogP contribution in [0.4, 0.5) is 0 Å². The first-order valence-corrected chi connectivity index (χ1v) is 8.72. The number of benzene rings is 1. The molecule has 4 heteroatoms. The number of halogens is 1. The van der Waals surface area contributed by atoms with Gasteiger partial charge in [-0.05, 0) is 56.2 Å². The number of nitrogens with two attached hydrogens (primary N) is 1. The molecule has 2 saturated carbocycles. The van der Waals surface area contributed by atoms with Crippen molar-refractivity contribution in [2.75, 3.05) is 0 Å². The topological polar surface area (TPSA) is 55.1 Å². The molecule has 1 aromatic carbocycles. The van der Waals surface area contributed by atoms with Crippen molar-refractivity contribution in [2.45, 2.75) is 62.4 Å². The van der Waals surface area contributed by atoms with E-state index in [2.05, 4.69) is 33.4 Å². The summed E-state index contributed by atoms with van der Waals surface area (Å²) < 4.78 is 1.06. The van der Waals surface area contributed by atoms with Gasteiger partial charge in [0.15, 0.2) is 0 Å². The quantitative estimate of drug-likeness (QED) is 0.878. The van der Waals surface area contributed by atoms with Gasteiger partial charge in [0.2, 0.25) is 5.91 Å². The number of rotatable bonds is 3. The summed E-state index contributed by atoms with van der Waals surface area (Å²) >= 11 is 3.46. The largest absolute Gasteiger partial charge is 0.353 e. The van der Waals surface area contributed by atoms with Crippen LogP contribution in [0.3, 0.4) is 0 Å². The fraction of sp³-hybridized carbons (Fsp3) is 0.588. The highest BCUT2D eigenvalue weighted by Gasteiger charge is 2.46. The summed E-state index contributed by atoms with van der Waals surface area (Å²) in [4.78, 5) is 12.8. The fourth-order valence-corrected chi connectivity index (χ4v) is 3.80. The molecular formula is C17H23BrN2O. The smallest absolute Gasteiger partial charge is 0.230 e. The molecule has 1 amide bonds. The highest BCUT2D eigenvalue weighted by atomic mass is 79.9. The Morgan fingerprint density at radius 1 is 1.14 bits per heavy atom. The molecule has 3 rings (SSSR count). The molecule has 2 aliphatic rings. The van der Waals surface area contributed by atoms with Gasteiger partial charge >= 0.3 is 0 Å². The molecule has 0 bridgehead atoms. The first-order chi connectivity index (χ1) is 10.1. The summed E-state index contributed by atoms with van der Waals surface area (Å²) in [6.45, 7) is 0. The Hall–Kier alpha value is -0.870. The van der Waals surface area contributed by atoms with Gasteiger partial charge in [-0.15, -0.1) is 0 Å². The second kappa shape index (κ2) is 6.09. The maximum absolute atomic E-state index is 12.8. The van der Waals surface area contributed by atoms with Gasteiger partial charge in [0.05, 0.1) is 5.41 Å². The third kappa shape index (κ3) is 3.02. The van der Waals surface area contributed by atoms with Gasteiger partial charge in [-0.3, -0.25) is 4.79 Å². The Labute approximate surface area is 134 Å². The Kier molecular flexibility index (Phi) is 4.36. The van der Waals surface area contributed by atoms with E-state index in [4.69, 9.17) is 5.73 Å². The van der Waals surface area contributed by atoms with Crippen LogP contribution in [0.5, 0.6) is 0 Å². The summed E-state index contributed by atoms with van der Waals surface area (Å²) in [6, 6.07) is 8.86. The maximum atomic E-state index is 12.8. The van der Waals surface area contributed by atoms with E-state index in [0.717, 1.165) is 55.0 Å². The Bertz CT molecular complexity index is 502. The first-order valence-electron chi connectivity index (χ1n) is 7.93. The van der Waals surface area contributed by atoms with Gasteiger partial charge < -0.3 is 11.1 Å². The van der Waals surface area contributed by atoms with Crippen LogP contribution in [0.2, 0.25) is 0 Å². The van der Waals surface area contributed by atoms with Gasteiger partial charge in [0.25, 0.3) is 0 Å². The minimum absolute atomic E-state index is 0.219. The Balaban J connectivity index is 1.70. The van der Waals surface area contributed by atoms with Crippen LogP contribution in [0.1, 0.15) is 50.5 Å². The number of amides is 1. The zero-order valence-electron chi connectivity index (χ0n) is 12.3. The third-order valence-corrected chi connectivity index (χ3v) is 5.67. The lowest BCUT2D eigenvalue weighted by molar-refractivity contribution is -0.130. The maximum Gasteiger partial charge on any atom is 0.230 e. The lowest BCUT2D eigenvalue weighted by Gasteiger charge is -2.42. The molecular weight excluding hydrogens is 328 g/mol. The summed E-state index contributed by atoms with van der Waals surface area (Å²) in [5.74, 6) is 0.219. The van der Waals surface area contributed by atoms with Crippen molar-refractivity contribution in [1.29, 1.82) is 0 Å². The van der Waals surface area contributed by atoms with E-state index in [9.17, 15) is 4.79 Å². The lowest BCUT2D eigenvalue weighted by Crippen LogP contribution is -2.53. The van der Waals surface area contributed by atoms with Crippen LogP contribution in [0, 0.1) is 0 Å². The average molecular weight is 351 g/mol. The van der Waals surface area contributed by atoms with Crippen molar-refractivity contribution in [2.24, 2.45) is 5.73 Å². The number of hydrogen-bond donors (Lipinski definition) is 2. The van der Waals surface area contributed by atoms with E-state index in [1.54, 1.807) is 0 Å². The molecule has 0 heterocycles. The fourth-order valence-electron chi connectivity index (χ4n) is 3.53. The summed E-state index contributed by atoms with van der Waals surface area (Å²) in [5, 5.41) is 3.29.